The first-order chi connectivity index (χ1) is 15.5. The molecule has 9 heteroatoms. The zero-order valence-corrected chi connectivity index (χ0v) is 19.6. The Morgan fingerprint density at radius 1 is 1.25 bits per heavy atom. The van der Waals surface area contributed by atoms with E-state index in [0.717, 1.165) is 61.8 Å². The molecule has 1 aromatic heterocycles. The normalized spacial score (nSPS) is 16.0. The van der Waals surface area contributed by atoms with E-state index in [2.05, 4.69) is 34.7 Å². The number of nitrogens with zero attached hydrogens (tertiary/aromatic N) is 1. The van der Waals surface area contributed by atoms with Gasteiger partial charge in [-0.3, -0.25) is 10.1 Å². The Balaban J connectivity index is 1.70. The van der Waals surface area contributed by atoms with Gasteiger partial charge in [0.25, 0.3) is 5.91 Å². The number of rotatable bonds is 10. The molecule has 174 valence electrons. The summed E-state index contributed by atoms with van der Waals surface area (Å²) in [5.74, 6) is 0.594. The predicted octanol–water partition coefficient (Wildman–Crippen LogP) is 3.11. The molecule has 5 N–H and O–H groups in total. The van der Waals surface area contributed by atoms with Crippen molar-refractivity contribution in [1.29, 1.82) is 0 Å². The molecule has 3 rings (SSSR count). The number of likely N-dealkylation sites (N-methyl/N-ethyl adjacent to an activating group) is 1. The molecule has 1 saturated heterocycles. The van der Waals surface area contributed by atoms with Gasteiger partial charge >= 0.3 is 6.03 Å². The molecule has 0 bridgehead atoms. The van der Waals surface area contributed by atoms with Gasteiger partial charge in [0.2, 0.25) is 0 Å². The van der Waals surface area contributed by atoms with Gasteiger partial charge in [-0.1, -0.05) is 13.8 Å². The molecule has 1 aromatic carbocycles. The maximum Gasteiger partial charge on any atom is 0.317 e. The predicted molar refractivity (Wildman–Crippen MR) is 130 cm³/mol. The molecule has 3 amide bonds. The molecule has 0 aliphatic carbocycles. The Morgan fingerprint density at radius 2 is 2.00 bits per heavy atom. The SMILES string of the molecule is CCN(CC)CCOc1ccc(-c2cc(C(=O)N[C@H]3CCCNC3)c(NC(N)=O)s2)cc1. The molecule has 8 nitrogen and oxygen atoms in total. The Bertz CT molecular complexity index is 890. The highest BCUT2D eigenvalue weighted by Crippen LogP contribution is 2.36. The van der Waals surface area contributed by atoms with Crippen molar-refractivity contribution in [2.75, 3.05) is 44.6 Å². The fourth-order valence-electron chi connectivity index (χ4n) is 3.69. The van der Waals surface area contributed by atoms with Crippen LogP contribution in [0.25, 0.3) is 10.4 Å². The third-order valence-electron chi connectivity index (χ3n) is 5.56. The Labute approximate surface area is 193 Å². The van der Waals surface area contributed by atoms with Crippen LogP contribution in [0.1, 0.15) is 37.0 Å². The average molecular weight is 460 g/mol. The molecular weight excluding hydrogens is 426 g/mol. The lowest BCUT2D eigenvalue weighted by Crippen LogP contribution is -2.45. The molecule has 0 spiro atoms. The van der Waals surface area contributed by atoms with Crippen molar-refractivity contribution in [3.05, 3.63) is 35.9 Å². The molecule has 0 radical (unpaired) electrons. The number of hydrogen-bond acceptors (Lipinski definition) is 6. The van der Waals surface area contributed by atoms with Crippen LogP contribution in [0.4, 0.5) is 9.80 Å². The van der Waals surface area contributed by atoms with E-state index in [4.69, 9.17) is 10.5 Å². The van der Waals surface area contributed by atoms with Crippen molar-refractivity contribution in [3.8, 4) is 16.2 Å². The summed E-state index contributed by atoms with van der Waals surface area (Å²) >= 11 is 1.33. The molecule has 0 saturated carbocycles. The van der Waals surface area contributed by atoms with Gasteiger partial charge in [0, 0.05) is 24.0 Å². The van der Waals surface area contributed by atoms with Crippen LogP contribution in [0.3, 0.4) is 0 Å². The number of benzene rings is 1. The van der Waals surface area contributed by atoms with Crippen LogP contribution in [0.15, 0.2) is 30.3 Å². The van der Waals surface area contributed by atoms with Gasteiger partial charge in [-0.15, -0.1) is 11.3 Å². The third-order valence-corrected chi connectivity index (χ3v) is 6.65. The van der Waals surface area contributed by atoms with Crippen LogP contribution in [-0.2, 0) is 0 Å². The third kappa shape index (κ3) is 6.69. The lowest BCUT2D eigenvalue weighted by Gasteiger charge is -2.23. The fourth-order valence-corrected chi connectivity index (χ4v) is 4.76. The van der Waals surface area contributed by atoms with Crippen molar-refractivity contribution >= 4 is 28.3 Å². The molecule has 1 atom stereocenters. The minimum Gasteiger partial charge on any atom is -0.492 e. The topological polar surface area (TPSA) is 109 Å². The van der Waals surface area contributed by atoms with E-state index in [1.807, 2.05) is 24.3 Å². The van der Waals surface area contributed by atoms with Gasteiger partial charge < -0.3 is 26.0 Å². The highest BCUT2D eigenvalue weighted by molar-refractivity contribution is 7.20. The van der Waals surface area contributed by atoms with Crippen LogP contribution < -0.4 is 26.4 Å². The number of thiophene rings is 1. The van der Waals surface area contributed by atoms with Crippen molar-refractivity contribution < 1.29 is 14.3 Å². The number of nitrogens with two attached hydrogens (primary N) is 1. The lowest BCUT2D eigenvalue weighted by atomic mass is 10.1. The maximum atomic E-state index is 12.9. The van der Waals surface area contributed by atoms with Gasteiger partial charge in [0.05, 0.1) is 5.56 Å². The summed E-state index contributed by atoms with van der Waals surface area (Å²) in [5.41, 5.74) is 6.69. The van der Waals surface area contributed by atoms with E-state index in [-0.39, 0.29) is 11.9 Å². The molecular formula is C23H33N5O3S. The molecule has 1 fully saturated rings. The zero-order chi connectivity index (χ0) is 22.9. The second-order valence-corrected chi connectivity index (χ2v) is 8.81. The number of urea groups is 1. The summed E-state index contributed by atoms with van der Waals surface area (Å²) in [6.45, 7) is 9.53. The first kappa shape index (κ1) is 24.0. The summed E-state index contributed by atoms with van der Waals surface area (Å²) in [7, 11) is 0. The van der Waals surface area contributed by atoms with Gasteiger partial charge in [-0.05, 0) is 68.4 Å². The Hall–Kier alpha value is -2.62. The van der Waals surface area contributed by atoms with E-state index in [1.54, 1.807) is 6.07 Å². The number of anilines is 1. The molecule has 1 aliphatic heterocycles. The lowest BCUT2D eigenvalue weighted by molar-refractivity contribution is 0.0932. The van der Waals surface area contributed by atoms with Crippen molar-refractivity contribution in [2.45, 2.75) is 32.7 Å². The van der Waals surface area contributed by atoms with Crippen molar-refractivity contribution in [2.24, 2.45) is 5.73 Å². The number of hydrogen-bond donors (Lipinski definition) is 4. The summed E-state index contributed by atoms with van der Waals surface area (Å²) in [5, 5.41) is 9.39. The van der Waals surface area contributed by atoms with E-state index in [9.17, 15) is 9.59 Å². The number of primary amides is 1. The van der Waals surface area contributed by atoms with Crippen LogP contribution in [0.5, 0.6) is 5.75 Å². The minimum atomic E-state index is -0.691. The largest absolute Gasteiger partial charge is 0.492 e. The summed E-state index contributed by atoms with van der Waals surface area (Å²) < 4.78 is 5.85. The molecule has 0 unspecified atom stereocenters. The number of carbonyl (C=O) groups excluding carboxylic acids is 2. The van der Waals surface area contributed by atoms with E-state index >= 15 is 0 Å². The highest BCUT2D eigenvalue weighted by atomic mass is 32.1. The van der Waals surface area contributed by atoms with Gasteiger partial charge in [-0.25, -0.2) is 4.79 Å². The monoisotopic (exact) mass is 459 g/mol. The van der Waals surface area contributed by atoms with Crippen molar-refractivity contribution in [1.82, 2.24) is 15.5 Å². The van der Waals surface area contributed by atoms with Gasteiger partial charge in [0.15, 0.2) is 0 Å². The first-order valence-electron chi connectivity index (χ1n) is 11.2. The van der Waals surface area contributed by atoms with Gasteiger partial charge in [-0.2, -0.15) is 0 Å². The molecule has 32 heavy (non-hydrogen) atoms. The molecule has 1 aliphatic rings. The van der Waals surface area contributed by atoms with Crippen LogP contribution >= 0.6 is 11.3 Å². The number of ether oxygens (including phenoxy) is 1. The van der Waals surface area contributed by atoms with Crippen LogP contribution in [0.2, 0.25) is 0 Å². The minimum absolute atomic E-state index is 0.0776. The quantitative estimate of drug-likeness (QED) is 0.437. The number of piperidine rings is 1. The second kappa shape index (κ2) is 11.8. The average Bonchev–Trinajstić information content (AvgIpc) is 3.21. The van der Waals surface area contributed by atoms with E-state index in [1.165, 1.54) is 11.3 Å². The number of nitrogens with one attached hydrogen (secondary N) is 3. The maximum absolute atomic E-state index is 12.9. The van der Waals surface area contributed by atoms with Gasteiger partial charge in [0.1, 0.15) is 17.4 Å². The summed E-state index contributed by atoms with van der Waals surface area (Å²) in [6, 6.07) is 8.95. The summed E-state index contributed by atoms with van der Waals surface area (Å²) in [6.07, 6.45) is 1.96. The highest BCUT2D eigenvalue weighted by Gasteiger charge is 2.22. The second-order valence-electron chi connectivity index (χ2n) is 7.76. The zero-order valence-electron chi connectivity index (χ0n) is 18.8. The molecule has 2 aromatic rings. The smallest absolute Gasteiger partial charge is 0.317 e. The Kier molecular flexibility index (Phi) is 8.90. The fraction of sp³-hybridized carbons (Fsp3) is 0.478. The van der Waals surface area contributed by atoms with Crippen LogP contribution in [0, 0.1) is 0 Å². The molecule has 2 heterocycles. The first-order valence-corrected chi connectivity index (χ1v) is 12.0. The van der Waals surface area contributed by atoms with Crippen LogP contribution in [-0.4, -0.2) is 62.2 Å². The summed E-state index contributed by atoms with van der Waals surface area (Å²) in [4.78, 5) is 27.5. The Morgan fingerprint density at radius 3 is 2.62 bits per heavy atom. The van der Waals surface area contributed by atoms with E-state index in [0.29, 0.717) is 17.2 Å². The van der Waals surface area contributed by atoms with Crippen molar-refractivity contribution in [3.63, 3.8) is 0 Å². The van der Waals surface area contributed by atoms with E-state index < -0.39 is 6.03 Å². The number of carbonyl (C=O) groups is 2. The standard InChI is InChI=1S/C23H33N5O3S/c1-3-28(4-2)12-13-31-18-9-7-16(8-10-18)20-14-19(22(32-20)27-23(24)30)21(29)26-17-6-5-11-25-15-17/h7-10,14,17,25H,3-6,11-13,15H2,1-2H3,(H,26,29)(H3,24,27,30)/t17-/m0/s1. The number of amides is 3.